The Labute approximate surface area is 220 Å². The van der Waals surface area contributed by atoms with Gasteiger partial charge >= 0.3 is 11.9 Å². The average Bonchev–Trinajstić information content (AvgIpc) is 3.16. The van der Waals surface area contributed by atoms with Crippen molar-refractivity contribution in [3.05, 3.63) is 53.8 Å². The Morgan fingerprint density at radius 2 is 1.62 bits per heavy atom. The van der Waals surface area contributed by atoms with Crippen LogP contribution in [0.15, 0.2) is 42.5 Å². The second kappa shape index (κ2) is 14.9. The largest absolute Gasteiger partial charge is 0.460 e. The van der Waals surface area contributed by atoms with Crippen molar-refractivity contribution in [1.82, 2.24) is 4.37 Å². The lowest BCUT2D eigenvalue weighted by molar-refractivity contribution is -0.139. The molecule has 0 fully saturated rings. The summed E-state index contributed by atoms with van der Waals surface area (Å²) < 4.78 is 14.2. The number of carbonyl (C=O) groups is 3. The first-order valence-electron chi connectivity index (χ1n) is 11.1. The molecule has 0 aliphatic carbocycles. The average molecular weight is 529 g/mol. The Hall–Kier alpha value is -4.37. The van der Waals surface area contributed by atoms with E-state index in [0.29, 0.717) is 46.2 Å². The highest BCUT2D eigenvalue weighted by Gasteiger charge is 2.13. The van der Waals surface area contributed by atoms with Crippen molar-refractivity contribution >= 4 is 51.4 Å². The number of hydrogen-bond donors (Lipinski definition) is 3. The molecule has 37 heavy (non-hydrogen) atoms. The number of rotatable bonds is 10. The molecule has 11 nitrogen and oxygen atoms in total. The molecule has 1 heterocycles. The topological polar surface area (TPSA) is 174 Å². The van der Waals surface area contributed by atoms with E-state index in [2.05, 4.69) is 22.8 Å². The minimum atomic E-state index is -0.482. The van der Waals surface area contributed by atoms with Gasteiger partial charge in [0.1, 0.15) is 29.8 Å². The minimum absolute atomic E-state index is 0.111. The van der Waals surface area contributed by atoms with Crippen molar-refractivity contribution in [2.45, 2.75) is 27.7 Å². The molecule has 0 radical (unpaired) electrons. The van der Waals surface area contributed by atoms with Crippen LogP contribution in [0.1, 0.15) is 32.0 Å². The minimum Gasteiger partial charge on any atom is -0.460 e. The normalized spacial score (nSPS) is 9.70. The van der Waals surface area contributed by atoms with Crippen molar-refractivity contribution in [3.8, 4) is 6.07 Å². The van der Waals surface area contributed by atoms with Gasteiger partial charge in [-0.05, 0) is 50.5 Å². The molecule has 0 aliphatic heterocycles. The number of amides is 1. The van der Waals surface area contributed by atoms with Gasteiger partial charge in [0.2, 0.25) is 5.91 Å². The van der Waals surface area contributed by atoms with E-state index in [9.17, 15) is 14.4 Å². The zero-order chi connectivity index (χ0) is 28.1. The second-order valence-electron chi connectivity index (χ2n) is 7.89. The van der Waals surface area contributed by atoms with E-state index in [-0.39, 0.29) is 19.1 Å². The molecule has 0 unspecified atom stereocenters. The molecule has 2 aromatic rings. The Morgan fingerprint density at radius 1 is 1.08 bits per heavy atom. The van der Waals surface area contributed by atoms with E-state index in [4.69, 9.17) is 26.2 Å². The van der Waals surface area contributed by atoms with E-state index in [1.807, 2.05) is 11.0 Å². The number of esters is 2. The third-order valence-electron chi connectivity index (χ3n) is 4.60. The van der Waals surface area contributed by atoms with Gasteiger partial charge in [-0.25, -0.2) is 9.59 Å². The van der Waals surface area contributed by atoms with Crippen LogP contribution < -0.4 is 21.7 Å². The van der Waals surface area contributed by atoms with Crippen molar-refractivity contribution < 1.29 is 23.9 Å². The number of nitrogens with two attached hydrogens (primary N) is 2. The predicted molar refractivity (Wildman–Crippen MR) is 145 cm³/mol. The highest BCUT2D eigenvalue weighted by Crippen LogP contribution is 2.26. The monoisotopic (exact) mass is 528 g/mol. The van der Waals surface area contributed by atoms with E-state index >= 15 is 0 Å². The van der Waals surface area contributed by atoms with E-state index < -0.39 is 11.9 Å². The van der Waals surface area contributed by atoms with Crippen LogP contribution in [0.2, 0.25) is 0 Å². The number of nitriles is 1. The van der Waals surface area contributed by atoms with Gasteiger partial charge in [0.15, 0.2) is 0 Å². The lowest BCUT2D eigenvalue weighted by Crippen LogP contribution is -2.32. The maximum atomic E-state index is 11.6. The maximum absolute atomic E-state index is 11.6. The van der Waals surface area contributed by atoms with Gasteiger partial charge < -0.3 is 31.2 Å². The number of carbonyl (C=O) groups excluding carboxylic acids is 3. The number of hydrogen-bond acceptors (Lipinski definition) is 11. The molecule has 2 rings (SSSR count). The summed E-state index contributed by atoms with van der Waals surface area (Å²) in [6.07, 6.45) is 0. The molecule has 1 amide bonds. The first-order chi connectivity index (χ1) is 17.4. The van der Waals surface area contributed by atoms with Crippen LogP contribution in [-0.4, -0.2) is 48.5 Å². The number of ether oxygens (including phenoxy) is 2. The first-order valence-corrected chi connectivity index (χ1v) is 11.8. The molecular formula is C25H32N6O5S. The molecule has 0 atom stereocenters. The van der Waals surface area contributed by atoms with Crippen LogP contribution in [0.3, 0.4) is 0 Å². The maximum Gasteiger partial charge on any atom is 0.333 e. The number of anilines is 4. The fourth-order valence-corrected chi connectivity index (χ4v) is 3.29. The van der Waals surface area contributed by atoms with Crippen molar-refractivity contribution in [2.24, 2.45) is 0 Å². The Bertz CT molecular complexity index is 1150. The van der Waals surface area contributed by atoms with Gasteiger partial charge in [0.05, 0.1) is 30.2 Å². The van der Waals surface area contributed by atoms with Gasteiger partial charge in [0, 0.05) is 23.8 Å². The summed E-state index contributed by atoms with van der Waals surface area (Å²) in [4.78, 5) is 36.4. The van der Waals surface area contributed by atoms with Gasteiger partial charge in [0.25, 0.3) is 0 Å². The lowest BCUT2D eigenvalue weighted by atomic mass is 10.2. The number of nitrogens with one attached hydrogen (secondary N) is 1. The summed E-state index contributed by atoms with van der Waals surface area (Å²) in [6, 6.07) is 7.10. The van der Waals surface area contributed by atoms with E-state index in [1.165, 1.54) is 6.92 Å². The third kappa shape index (κ3) is 10.4. The van der Waals surface area contributed by atoms with Crippen molar-refractivity contribution in [3.63, 3.8) is 0 Å². The molecule has 0 spiro atoms. The highest BCUT2D eigenvalue weighted by molar-refractivity contribution is 7.10. The summed E-state index contributed by atoms with van der Waals surface area (Å²) in [5.74, 6) is -1.21. The van der Waals surface area contributed by atoms with Gasteiger partial charge in [-0.2, -0.15) is 9.64 Å². The Morgan fingerprint density at radius 3 is 2.00 bits per heavy atom. The number of aryl methyl sites for hydroxylation is 1. The van der Waals surface area contributed by atoms with Crippen LogP contribution in [0, 0.1) is 18.3 Å². The smallest absolute Gasteiger partial charge is 0.333 e. The molecule has 1 aromatic carbocycles. The zero-order valence-electron chi connectivity index (χ0n) is 21.4. The molecule has 0 saturated carbocycles. The van der Waals surface area contributed by atoms with Crippen LogP contribution in [0.5, 0.6) is 0 Å². The van der Waals surface area contributed by atoms with Crippen LogP contribution in [0.25, 0.3) is 0 Å². The number of nitrogens with zero attached hydrogens (tertiary/aromatic N) is 3. The molecule has 5 N–H and O–H groups in total. The van der Waals surface area contributed by atoms with Gasteiger partial charge in [-0.15, -0.1) is 0 Å². The molecular weight excluding hydrogens is 496 g/mol. The van der Waals surface area contributed by atoms with Crippen LogP contribution in [0.4, 0.5) is 22.1 Å². The van der Waals surface area contributed by atoms with E-state index in [0.717, 1.165) is 22.9 Å². The molecule has 0 saturated heterocycles. The van der Waals surface area contributed by atoms with Crippen molar-refractivity contribution in [1.29, 1.82) is 5.26 Å². The lowest BCUT2D eigenvalue weighted by Gasteiger charge is -2.25. The number of nitrogen functional groups attached to an aromatic ring is 2. The molecule has 0 aliphatic rings. The third-order valence-corrected chi connectivity index (χ3v) is 5.37. The summed E-state index contributed by atoms with van der Waals surface area (Å²) in [5, 5.41) is 11.6. The summed E-state index contributed by atoms with van der Waals surface area (Å²) in [6.45, 7) is 14.3. The fraction of sp³-hybridized carbons (Fsp3) is 0.320. The van der Waals surface area contributed by atoms with Gasteiger partial charge in [-0.3, -0.25) is 4.79 Å². The quantitative estimate of drug-likeness (QED) is 0.236. The molecule has 1 aromatic heterocycles. The summed E-state index contributed by atoms with van der Waals surface area (Å²) >= 11 is 1.16. The Kier molecular flexibility index (Phi) is 12.3. The van der Waals surface area contributed by atoms with E-state index in [1.54, 1.807) is 39.0 Å². The fourth-order valence-electron chi connectivity index (χ4n) is 2.68. The highest BCUT2D eigenvalue weighted by atomic mass is 32.1. The summed E-state index contributed by atoms with van der Waals surface area (Å²) in [7, 11) is 0. The number of aromatic nitrogens is 1. The Balaban J connectivity index is 0.000000635. The van der Waals surface area contributed by atoms with Crippen LogP contribution in [-0.2, 0) is 23.9 Å². The van der Waals surface area contributed by atoms with Crippen LogP contribution >= 0.6 is 11.5 Å². The van der Waals surface area contributed by atoms with Crippen molar-refractivity contribution in [2.75, 3.05) is 48.0 Å². The molecule has 12 heteroatoms. The first kappa shape index (κ1) is 30.7. The SMILES string of the molecule is C=C(C)C(=O)OCCN(CCOC(=O)C(=C)C)c1ccc(N)c(NC(C)=O)c1.Cc1nsc(N)c1C#N. The summed E-state index contributed by atoms with van der Waals surface area (Å²) in [5.41, 5.74) is 14.7. The zero-order valence-corrected chi connectivity index (χ0v) is 22.2. The number of benzene rings is 1. The molecule has 0 bridgehead atoms. The molecule has 198 valence electrons. The standard InChI is InChI=1S/C20H27N3O5.C5H5N3S/c1-13(2)19(25)27-10-8-23(9-11-28-20(26)14(3)4)16-6-7-17(21)18(12-16)22-15(5)24;1-3-4(2-6)5(7)9-8-3/h6-7,12H,1,3,8-11,21H2,2,4-5H3,(H,22,24);7H2,1H3. The van der Waals surface area contributed by atoms with Gasteiger partial charge in [-0.1, -0.05) is 13.2 Å². The second-order valence-corrected chi connectivity index (χ2v) is 8.70. The predicted octanol–water partition coefficient (Wildman–Crippen LogP) is 3.18.